The molecule has 0 amide bonds. The lowest BCUT2D eigenvalue weighted by atomic mass is 10.1. The van der Waals surface area contributed by atoms with E-state index in [1.54, 1.807) is 11.8 Å². The molecular formula is C14H14BrNS. The summed E-state index contributed by atoms with van der Waals surface area (Å²) in [5, 5.41) is 0. The molecule has 0 aliphatic carbocycles. The highest BCUT2D eigenvalue weighted by Crippen LogP contribution is 2.33. The molecule has 0 bridgehead atoms. The highest BCUT2D eigenvalue weighted by atomic mass is 79.9. The van der Waals surface area contributed by atoms with Crippen molar-refractivity contribution in [2.24, 2.45) is 5.73 Å². The summed E-state index contributed by atoms with van der Waals surface area (Å²) in [6, 6.07) is 16.6. The summed E-state index contributed by atoms with van der Waals surface area (Å²) >= 11 is 5.23. The minimum Gasteiger partial charge on any atom is -0.324 e. The maximum atomic E-state index is 5.98. The van der Waals surface area contributed by atoms with Gasteiger partial charge in [0.1, 0.15) is 0 Å². The zero-order valence-electron chi connectivity index (χ0n) is 9.56. The molecule has 17 heavy (non-hydrogen) atoms. The van der Waals surface area contributed by atoms with E-state index in [1.807, 2.05) is 31.2 Å². The van der Waals surface area contributed by atoms with Gasteiger partial charge in [-0.2, -0.15) is 0 Å². The number of halogens is 1. The molecule has 2 N–H and O–H groups in total. The fourth-order valence-electron chi connectivity index (χ4n) is 1.61. The van der Waals surface area contributed by atoms with Crippen LogP contribution in [0.3, 0.4) is 0 Å². The van der Waals surface area contributed by atoms with Crippen LogP contribution in [0.2, 0.25) is 0 Å². The van der Waals surface area contributed by atoms with Gasteiger partial charge in [-0.05, 0) is 36.8 Å². The number of rotatable bonds is 3. The maximum absolute atomic E-state index is 5.98. The molecule has 1 unspecified atom stereocenters. The Labute approximate surface area is 115 Å². The van der Waals surface area contributed by atoms with Crippen LogP contribution in [0.1, 0.15) is 18.5 Å². The SMILES string of the molecule is CC(N)c1ccccc1Sc1cccc(Br)c1. The van der Waals surface area contributed by atoms with Crippen LogP contribution in [0.25, 0.3) is 0 Å². The molecule has 0 saturated carbocycles. The van der Waals surface area contributed by atoms with Crippen molar-refractivity contribution in [3.63, 3.8) is 0 Å². The number of nitrogens with two attached hydrogens (primary N) is 1. The summed E-state index contributed by atoms with van der Waals surface area (Å²) < 4.78 is 1.10. The highest BCUT2D eigenvalue weighted by molar-refractivity contribution is 9.10. The summed E-state index contributed by atoms with van der Waals surface area (Å²) in [4.78, 5) is 2.44. The fourth-order valence-corrected chi connectivity index (χ4v) is 3.26. The van der Waals surface area contributed by atoms with Gasteiger partial charge in [0.2, 0.25) is 0 Å². The first-order valence-corrected chi connectivity index (χ1v) is 7.05. The van der Waals surface area contributed by atoms with Gasteiger partial charge in [-0.25, -0.2) is 0 Å². The zero-order chi connectivity index (χ0) is 12.3. The van der Waals surface area contributed by atoms with Crippen LogP contribution in [0.15, 0.2) is 62.8 Å². The first kappa shape index (κ1) is 12.7. The lowest BCUT2D eigenvalue weighted by Gasteiger charge is -2.12. The van der Waals surface area contributed by atoms with E-state index in [-0.39, 0.29) is 6.04 Å². The summed E-state index contributed by atoms with van der Waals surface area (Å²) in [6.45, 7) is 2.01. The van der Waals surface area contributed by atoms with Crippen LogP contribution in [-0.2, 0) is 0 Å². The first-order chi connectivity index (χ1) is 8.16. The number of hydrogen-bond donors (Lipinski definition) is 1. The molecule has 1 nitrogen and oxygen atoms in total. The molecule has 0 aliphatic rings. The van der Waals surface area contributed by atoms with E-state index in [2.05, 4.69) is 40.2 Å². The van der Waals surface area contributed by atoms with Crippen molar-refractivity contribution in [3.05, 3.63) is 58.6 Å². The minimum atomic E-state index is 0.0610. The monoisotopic (exact) mass is 307 g/mol. The Morgan fingerprint density at radius 1 is 1.12 bits per heavy atom. The third-order valence-electron chi connectivity index (χ3n) is 2.43. The average Bonchev–Trinajstić information content (AvgIpc) is 2.29. The number of benzene rings is 2. The Morgan fingerprint density at radius 3 is 2.59 bits per heavy atom. The Hall–Kier alpha value is -0.770. The van der Waals surface area contributed by atoms with Gasteiger partial charge in [-0.1, -0.05) is 52.0 Å². The first-order valence-electron chi connectivity index (χ1n) is 5.45. The van der Waals surface area contributed by atoms with Crippen molar-refractivity contribution in [1.82, 2.24) is 0 Å². The Kier molecular flexibility index (Phi) is 4.26. The molecule has 0 saturated heterocycles. The zero-order valence-corrected chi connectivity index (χ0v) is 12.0. The highest BCUT2D eigenvalue weighted by Gasteiger charge is 2.07. The second-order valence-electron chi connectivity index (χ2n) is 3.89. The van der Waals surface area contributed by atoms with Gasteiger partial charge in [0, 0.05) is 20.3 Å². The van der Waals surface area contributed by atoms with Crippen LogP contribution in [0.4, 0.5) is 0 Å². The predicted molar refractivity (Wildman–Crippen MR) is 77.3 cm³/mol. The van der Waals surface area contributed by atoms with Gasteiger partial charge in [0.15, 0.2) is 0 Å². The van der Waals surface area contributed by atoms with E-state index in [9.17, 15) is 0 Å². The van der Waals surface area contributed by atoms with Gasteiger partial charge in [-0.3, -0.25) is 0 Å². The van der Waals surface area contributed by atoms with Crippen LogP contribution in [-0.4, -0.2) is 0 Å². The largest absolute Gasteiger partial charge is 0.324 e. The van der Waals surface area contributed by atoms with Gasteiger partial charge in [0.05, 0.1) is 0 Å². The minimum absolute atomic E-state index is 0.0610. The normalized spacial score (nSPS) is 12.4. The van der Waals surface area contributed by atoms with Crippen LogP contribution in [0.5, 0.6) is 0 Å². The molecule has 0 aliphatic heterocycles. The van der Waals surface area contributed by atoms with Crippen molar-refractivity contribution in [1.29, 1.82) is 0 Å². The van der Waals surface area contributed by atoms with Crippen molar-refractivity contribution >= 4 is 27.7 Å². The van der Waals surface area contributed by atoms with E-state index in [0.29, 0.717) is 0 Å². The number of hydrogen-bond acceptors (Lipinski definition) is 2. The van der Waals surface area contributed by atoms with Crippen molar-refractivity contribution in [3.8, 4) is 0 Å². The van der Waals surface area contributed by atoms with Crippen LogP contribution in [0, 0.1) is 0 Å². The van der Waals surface area contributed by atoms with Crippen LogP contribution < -0.4 is 5.73 Å². The van der Waals surface area contributed by atoms with E-state index in [4.69, 9.17) is 5.73 Å². The van der Waals surface area contributed by atoms with Crippen molar-refractivity contribution in [2.45, 2.75) is 22.8 Å². The standard InChI is InChI=1S/C14H14BrNS/c1-10(16)13-7-2-3-8-14(13)17-12-6-4-5-11(15)9-12/h2-10H,16H2,1H3. The molecule has 3 heteroatoms. The van der Waals surface area contributed by atoms with Crippen molar-refractivity contribution < 1.29 is 0 Å². The molecule has 0 aromatic heterocycles. The second-order valence-corrected chi connectivity index (χ2v) is 5.92. The lowest BCUT2D eigenvalue weighted by Crippen LogP contribution is -2.05. The molecule has 0 fully saturated rings. The Morgan fingerprint density at radius 2 is 1.88 bits per heavy atom. The summed E-state index contributed by atoms with van der Waals surface area (Å²) in [6.07, 6.45) is 0. The molecule has 0 spiro atoms. The smallest absolute Gasteiger partial charge is 0.0277 e. The van der Waals surface area contributed by atoms with Gasteiger partial charge >= 0.3 is 0 Å². The van der Waals surface area contributed by atoms with Crippen LogP contribution >= 0.6 is 27.7 Å². The average molecular weight is 308 g/mol. The summed E-state index contributed by atoms with van der Waals surface area (Å²) in [5.74, 6) is 0. The molecule has 0 radical (unpaired) electrons. The summed E-state index contributed by atoms with van der Waals surface area (Å²) in [7, 11) is 0. The van der Waals surface area contributed by atoms with Gasteiger partial charge < -0.3 is 5.73 Å². The predicted octanol–water partition coefficient (Wildman–Crippen LogP) is 4.62. The van der Waals surface area contributed by atoms with E-state index in [0.717, 1.165) is 4.47 Å². The quantitative estimate of drug-likeness (QED) is 0.895. The molecule has 2 aromatic rings. The summed E-state index contributed by atoms with van der Waals surface area (Å²) in [5.41, 5.74) is 7.17. The topological polar surface area (TPSA) is 26.0 Å². The van der Waals surface area contributed by atoms with Crippen molar-refractivity contribution in [2.75, 3.05) is 0 Å². The van der Waals surface area contributed by atoms with Gasteiger partial charge in [-0.15, -0.1) is 0 Å². The maximum Gasteiger partial charge on any atom is 0.0277 e. The fraction of sp³-hybridized carbons (Fsp3) is 0.143. The van der Waals surface area contributed by atoms with E-state index >= 15 is 0 Å². The molecule has 2 rings (SSSR count). The van der Waals surface area contributed by atoms with E-state index in [1.165, 1.54) is 15.4 Å². The molecule has 2 aromatic carbocycles. The van der Waals surface area contributed by atoms with Gasteiger partial charge in [0.25, 0.3) is 0 Å². The second kappa shape index (κ2) is 5.71. The van der Waals surface area contributed by atoms with E-state index < -0.39 is 0 Å². The Balaban J connectivity index is 2.30. The molecule has 88 valence electrons. The Bertz CT molecular complexity index is 511. The third-order valence-corrected chi connectivity index (χ3v) is 4.01. The molecule has 0 heterocycles. The molecular weight excluding hydrogens is 294 g/mol. The third kappa shape index (κ3) is 3.35. The molecule has 1 atom stereocenters. The lowest BCUT2D eigenvalue weighted by molar-refractivity contribution is 0.797.